The Labute approximate surface area is 153 Å². The summed E-state index contributed by atoms with van der Waals surface area (Å²) in [6, 6.07) is 14.8. The van der Waals surface area contributed by atoms with Crippen LogP contribution in [-0.2, 0) is 26.2 Å². The predicted molar refractivity (Wildman–Crippen MR) is 95.8 cm³/mol. The first-order valence-corrected chi connectivity index (χ1v) is 9.78. The molecule has 0 aliphatic carbocycles. The zero-order valence-electron chi connectivity index (χ0n) is 13.4. The van der Waals surface area contributed by atoms with E-state index in [0.717, 1.165) is 10.2 Å². The lowest BCUT2D eigenvalue weighted by Gasteiger charge is -2.06. The van der Waals surface area contributed by atoms with Gasteiger partial charge < -0.3 is 4.74 Å². The number of nitrogens with zero attached hydrogens (tertiary/aromatic N) is 2. The third-order valence-corrected chi connectivity index (χ3v) is 5.82. The van der Waals surface area contributed by atoms with Crippen molar-refractivity contribution >= 4 is 37.5 Å². The number of carbonyl (C=O) groups is 1. The van der Waals surface area contributed by atoms with Gasteiger partial charge in [0.15, 0.2) is 0 Å². The SMILES string of the molecule is N#Cc1ccc(S(=O)(=O)NCC(=O)OCc2nc3ccccc3s2)cc1. The molecule has 0 spiro atoms. The van der Waals surface area contributed by atoms with Crippen LogP contribution >= 0.6 is 11.3 Å². The molecule has 0 aliphatic rings. The van der Waals surface area contributed by atoms with Crippen molar-refractivity contribution in [3.63, 3.8) is 0 Å². The number of aromatic nitrogens is 1. The molecule has 26 heavy (non-hydrogen) atoms. The number of para-hydroxylation sites is 1. The number of nitrogens with one attached hydrogen (secondary N) is 1. The van der Waals surface area contributed by atoms with Crippen LogP contribution in [0, 0.1) is 11.3 Å². The number of nitriles is 1. The third kappa shape index (κ3) is 4.23. The van der Waals surface area contributed by atoms with E-state index < -0.39 is 22.5 Å². The molecule has 7 nitrogen and oxygen atoms in total. The van der Waals surface area contributed by atoms with Crippen LogP contribution in [0.3, 0.4) is 0 Å². The number of thiazole rings is 1. The van der Waals surface area contributed by atoms with Crippen molar-refractivity contribution in [3.05, 3.63) is 59.1 Å². The molecule has 1 N–H and O–H groups in total. The first-order valence-electron chi connectivity index (χ1n) is 7.48. The highest BCUT2D eigenvalue weighted by molar-refractivity contribution is 7.89. The zero-order valence-corrected chi connectivity index (χ0v) is 15.0. The van der Waals surface area contributed by atoms with Crippen LogP contribution in [0.2, 0.25) is 0 Å². The summed E-state index contributed by atoms with van der Waals surface area (Å²) in [6.45, 7) is -0.510. The van der Waals surface area contributed by atoms with Gasteiger partial charge in [0, 0.05) is 0 Å². The van der Waals surface area contributed by atoms with Gasteiger partial charge in [-0.1, -0.05) is 12.1 Å². The highest BCUT2D eigenvalue weighted by atomic mass is 32.2. The number of fused-ring (bicyclic) bond motifs is 1. The lowest BCUT2D eigenvalue weighted by atomic mass is 10.2. The molecular weight excluding hydrogens is 374 g/mol. The van der Waals surface area contributed by atoms with Crippen molar-refractivity contribution in [2.75, 3.05) is 6.54 Å². The van der Waals surface area contributed by atoms with Crippen molar-refractivity contribution < 1.29 is 17.9 Å². The van der Waals surface area contributed by atoms with Crippen molar-refractivity contribution in [3.8, 4) is 6.07 Å². The number of ether oxygens (including phenoxy) is 1. The largest absolute Gasteiger partial charge is 0.457 e. The van der Waals surface area contributed by atoms with Crippen molar-refractivity contribution in [1.82, 2.24) is 9.71 Å². The van der Waals surface area contributed by atoms with Crippen LogP contribution in [0.1, 0.15) is 10.6 Å². The average molecular weight is 387 g/mol. The Balaban J connectivity index is 1.55. The Hall–Kier alpha value is -2.80. The summed E-state index contributed by atoms with van der Waals surface area (Å²) >= 11 is 1.41. The van der Waals surface area contributed by atoms with E-state index in [0.29, 0.717) is 10.6 Å². The van der Waals surface area contributed by atoms with Crippen molar-refractivity contribution in [1.29, 1.82) is 5.26 Å². The molecule has 0 unspecified atom stereocenters. The number of hydrogen-bond donors (Lipinski definition) is 1. The molecule has 0 atom stereocenters. The standard InChI is InChI=1S/C17H13N3O4S2/c18-9-12-5-7-13(8-6-12)26(22,23)19-10-17(21)24-11-16-20-14-3-1-2-4-15(14)25-16/h1-8,19H,10-11H2. The summed E-state index contributed by atoms with van der Waals surface area (Å²) < 4.78 is 32.5. The molecule has 1 heterocycles. The lowest BCUT2D eigenvalue weighted by molar-refractivity contribution is -0.143. The molecule has 0 amide bonds. The second-order valence-electron chi connectivity index (χ2n) is 5.20. The van der Waals surface area contributed by atoms with E-state index in [9.17, 15) is 13.2 Å². The Bertz CT molecular complexity index is 1050. The third-order valence-electron chi connectivity index (χ3n) is 3.40. The Morgan fingerprint density at radius 2 is 1.92 bits per heavy atom. The molecule has 0 radical (unpaired) electrons. The lowest BCUT2D eigenvalue weighted by Crippen LogP contribution is -2.30. The molecule has 132 valence electrons. The second-order valence-corrected chi connectivity index (χ2v) is 8.08. The van der Waals surface area contributed by atoms with Gasteiger partial charge in [0.2, 0.25) is 10.0 Å². The number of benzene rings is 2. The number of sulfonamides is 1. The van der Waals surface area contributed by atoms with E-state index in [4.69, 9.17) is 10.00 Å². The van der Waals surface area contributed by atoms with Crippen LogP contribution in [0.4, 0.5) is 0 Å². The quantitative estimate of drug-likeness (QED) is 0.650. The molecular formula is C17H13N3O4S2. The molecule has 3 aromatic rings. The van der Waals surface area contributed by atoms with E-state index in [1.807, 2.05) is 30.3 Å². The van der Waals surface area contributed by atoms with Gasteiger partial charge in [-0.25, -0.2) is 13.4 Å². The van der Waals surface area contributed by atoms with E-state index in [-0.39, 0.29) is 11.5 Å². The molecule has 0 bridgehead atoms. The first kappa shape index (κ1) is 18.0. The molecule has 0 aliphatic heterocycles. The van der Waals surface area contributed by atoms with Crippen LogP contribution in [0.25, 0.3) is 10.2 Å². The molecule has 9 heteroatoms. The number of hydrogen-bond acceptors (Lipinski definition) is 7. The summed E-state index contributed by atoms with van der Waals surface area (Å²) in [5.41, 5.74) is 1.17. The van der Waals surface area contributed by atoms with Gasteiger partial charge in [0.1, 0.15) is 18.2 Å². The minimum atomic E-state index is -3.86. The van der Waals surface area contributed by atoms with Crippen molar-refractivity contribution in [2.45, 2.75) is 11.5 Å². The van der Waals surface area contributed by atoms with E-state index in [1.165, 1.54) is 35.6 Å². The van der Waals surface area contributed by atoms with Crippen LogP contribution < -0.4 is 4.72 Å². The Morgan fingerprint density at radius 3 is 2.62 bits per heavy atom. The summed E-state index contributed by atoms with van der Waals surface area (Å²) in [4.78, 5) is 16.1. The van der Waals surface area contributed by atoms with Gasteiger partial charge in [-0.2, -0.15) is 9.98 Å². The fourth-order valence-electron chi connectivity index (χ4n) is 2.12. The highest BCUT2D eigenvalue weighted by Crippen LogP contribution is 2.21. The maximum Gasteiger partial charge on any atom is 0.321 e. The van der Waals surface area contributed by atoms with Gasteiger partial charge in [-0.05, 0) is 36.4 Å². The fraction of sp³-hybridized carbons (Fsp3) is 0.118. The summed E-state index contributed by atoms with van der Waals surface area (Å²) in [6.07, 6.45) is 0. The maximum absolute atomic E-state index is 12.1. The molecule has 0 saturated heterocycles. The number of carbonyl (C=O) groups excluding carboxylic acids is 1. The van der Waals surface area contributed by atoms with Crippen LogP contribution in [0.15, 0.2) is 53.4 Å². The predicted octanol–water partition coefficient (Wildman–Crippen LogP) is 2.19. The fourth-order valence-corrected chi connectivity index (χ4v) is 3.97. The molecule has 1 aromatic heterocycles. The second kappa shape index (κ2) is 7.61. The van der Waals surface area contributed by atoms with Gasteiger partial charge in [-0.3, -0.25) is 4.79 Å². The number of esters is 1. The van der Waals surface area contributed by atoms with Crippen LogP contribution in [0.5, 0.6) is 0 Å². The molecule has 0 fully saturated rings. The first-order chi connectivity index (χ1) is 12.5. The van der Waals surface area contributed by atoms with Crippen LogP contribution in [-0.4, -0.2) is 25.9 Å². The van der Waals surface area contributed by atoms with Gasteiger partial charge in [0.05, 0.1) is 26.7 Å². The monoisotopic (exact) mass is 387 g/mol. The minimum Gasteiger partial charge on any atom is -0.457 e. The van der Waals surface area contributed by atoms with Gasteiger partial charge in [-0.15, -0.1) is 11.3 Å². The Morgan fingerprint density at radius 1 is 1.19 bits per heavy atom. The van der Waals surface area contributed by atoms with Crippen molar-refractivity contribution in [2.24, 2.45) is 0 Å². The zero-order chi connectivity index (χ0) is 18.6. The topological polar surface area (TPSA) is 109 Å². The summed E-state index contributed by atoms with van der Waals surface area (Å²) in [7, 11) is -3.86. The van der Waals surface area contributed by atoms with E-state index in [1.54, 1.807) is 0 Å². The average Bonchev–Trinajstić information content (AvgIpc) is 3.08. The molecule has 0 saturated carbocycles. The normalized spacial score (nSPS) is 11.2. The maximum atomic E-state index is 12.1. The smallest absolute Gasteiger partial charge is 0.321 e. The Kier molecular flexibility index (Phi) is 5.27. The molecule has 2 aromatic carbocycles. The van der Waals surface area contributed by atoms with Gasteiger partial charge in [0.25, 0.3) is 0 Å². The minimum absolute atomic E-state index is 0.0171. The number of rotatable bonds is 6. The van der Waals surface area contributed by atoms with E-state index >= 15 is 0 Å². The summed E-state index contributed by atoms with van der Waals surface area (Å²) in [5, 5.41) is 9.36. The molecule has 3 rings (SSSR count). The summed E-state index contributed by atoms with van der Waals surface area (Å²) in [5.74, 6) is -0.707. The van der Waals surface area contributed by atoms with Gasteiger partial charge >= 0.3 is 5.97 Å². The van der Waals surface area contributed by atoms with E-state index in [2.05, 4.69) is 9.71 Å². The highest BCUT2D eigenvalue weighted by Gasteiger charge is 2.16.